The Morgan fingerprint density at radius 3 is 2.50 bits per heavy atom. The topological polar surface area (TPSA) is 55.2 Å². The minimum Gasteiger partial charge on any atom is -0.272 e. The zero-order valence-corrected chi connectivity index (χ0v) is 15.4. The Labute approximate surface area is 144 Å². The van der Waals surface area contributed by atoms with Crippen molar-refractivity contribution >= 4 is 10.0 Å². The van der Waals surface area contributed by atoms with Gasteiger partial charge in [-0.25, -0.2) is 12.7 Å². The Kier molecular flexibility index (Phi) is 4.78. The Hall–Kier alpha value is -1.66. The summed E-state index contributed by atoms with van der Waals surface area (Å²) in [6, 6.07) is 10.1. The third-order valence-electron chi connectivity index (χ3n) is 4.97. The van der Waals surface area contributed by atoms with Crippen LogP contribution in [0.5, 0.6) is 0 Å². The largest absolute Gasteiger partial charge is 0.272 e. The summed E-state index contributed by atoms with van der Waals surface area (Å²) in [4.78, 5) is 0. The molecule has 1 aliphatic heterocycles. The molecule has 1 aliphatic rings. The van der Waals surface area contributed by atoms with Crippen molar-refractivity contribution in [3.63, 3.8) is 0 Å². The molecule has 24 heavy (non-hydrogen) atoms. The Morgan fingerprint density at radius 1 is 1.17 bits per heavy atom. The number of aryl methyl sites for hydroxylation is 1. The van der Waals surface area contributed by atoms with Crippen LogP contribution < -0.4 is 0 Å². The molecule has 2 aromatic rings. The summed E-state index contributed by atoms with van der Waals surface area (Å²) in [5.74, 6) is 0. The molecule has 0 bridgehead atoms. The smallest absolute Gasteiger partial charge is 0.216 e. The van der Waals surface area contributed by atoms with Gasteiger partial charge in [0.2, 0.25) is 10.0 Å². The van der Waals surface area contributed by atoms with Crippen molar-refractivity contribution in [1.29, 1.82) is 0 Å². The fraction of sp³-hybridized carbons (Fsp3) is 0.500. The van der Waals surface area contributed by atoms with Gasteiger partial charge in [0, 0.05) is 43.4 Å². The maximum absolute atomic E-state index is 12.7. The zero-order chi connectivity index (χ0) is 17.3. The van der Waals surface area contributed by atoms with Gasteiger partial charge < -0.3 is 0 Å². The molecule has 1 atom stereocenters. The summed E-state index contributed by atoms with van der Waals surface area (Å²) >= 11 is 0. The minimum atomic E-state index is -3.22. The van der Waals surface area contributed by atoms with Gasteiger partial charge in [-0.15, -0.1) is 0 Å². The van der Waals surface area contributed by atoms with Crippen molar-refractivity contribution in [2.45, 2.75) is 38.4 Å². The molecule has 0 fully saturated rings. The number of sulfonamides is 1. The van der Waals surface area contributed by atoms with E-state index in [1.807, 2.05) is 36.9 Å². The predicted octanol–water partition coefficient (Wildman–Crippen LogP) is 2.62. The number of rotatable bonds is 4. The number of hydrogen-bond donors (Lipinski definition) is 0. The van der Waals surface area contributed by atoms with Crippen molar-refractivity contribution in [1.82, 2.24) is 14.1 Å². The Morgan fingerprint density at radius 2 is 1.83 bits per heavy atom. The molecule has 6 heteroatoms. The maximum Gasteiger partial charge on any atom is 0.216 e. The molecule has 0 aliphatic carbocycles. The average molecular weight is 347 g/mol. The fourth-order valence-corrected chi connectivity index (χ4v) is 4.93. The van der Waals surface area contributed by atoms with Gasteiger partial charge in [-0.3, -0.25) is 4.68 Å². The summed E-state index contributed by atoms with van der Waals surface area (Å²) in [7, 11) is -1.27. The van der Waals surface area contributed by atoms with Crippen molar-refractivity contribution in [3.8, 4) is 11.3 Å². The van der Waals surface area contributed by atoms with Gasteiger partial charge in [-0.05, 0) is 19.8 Å². The van der Waals surface area contributed by atoms with Crippen LogP contribution in [0, 0.1) is 0 Å². The molecule has 0 amide bonds. The summed E-state index contributed by atoms with van der Waals surface area (Å²) in [6.07, 6.45) is 2.06. The highest BCUT2D eigenvalue weighted by Gasteiger charge is 2.31. The zero-order valence-electron chi connectivity index (χ0n) is 14.6. The van der Waals surface area contributed by atoms with Gasteiger partial charge in [-0.2, -0.15) is 5.10 Å². The van der Waals surface area contributed by atoms with Crippen LogP contribution >= 0.6 is 0 Å². The van der Waals surface area contributed by atoms with Crippen molar-refractivity contribution in [2.24, 2.45) is 7.05 Å². The second-order valence-corrected chi connectivity index (χ2v) is 8.78. The highest BCUT2D eigenvalue weighted by molar-refractivity contribution is 7.89. The van der Waals surface area contributed by atoms with Crippen molar-refractivity contribution in [3.05, 3.63) is 41.6 Å². The van der Waals surface area contributed by atoms with Gasteiger partial charge in [0.05, 0.1) is 10.9 Å². The van der Waals surface area contributed by atoms with Crippen molar-refractivity contribution < 1.29 is 8.42 Å². The van der Waals surface area contributed by atoms with E-state index >= 15 is 0 Å². The van der Waals surface area contributed by atoms with E-state index in [2.05, 4.69) is 12.1 Å². The molecule has 5 nitrogen and oxygen atoms in total. The molecule has 0 N–H and O–H groups in total. The van der Waals surface area contributed by atoms with E-state index in [1.54, 1.807) is 11.2 Å². The number of nitrogens with zero attached hydrogens (tertiary/aromatic N) is 3. The lowest BCUT2D eigenvalue weighted by Gasteiger charge is -2.23. The number of fused-ring (bicyclic) bond motifs is 1. The van der Waals surface area contributed by atoms with E-state index in [1.165, 1.54) is 5.56 Å². The summed E-state index contributed by atoms with van der Waals surface area (Å²) in [6.45, 7) is 4.79. The van der Waals surface area contributed by atoms with E-state index in [4.69, 9.17) is 5.10 Å². The first kappa shape index (κ1) is 17.2. The third-order valence-corrected chi connectivity index (χ3v) is 7.41. The maximum atomic E-state index is 12.7. The molecule has 2 heterocycles. The van der Waals surface area contributed by atoms with Crippen molar-refractivity contribution in [2.75, 3.05) is 13.1 Å². The van der Waals surface area contributed by atoms with Gasteiger partial charge in [0.25, 0.3) is 0 Å². The second-order valence-electron chi connectivity index (χ2n) is 6.43. The standard InChI is InChI=1S/C18H25N3O2S/c1-4-14(2)24(22,23)21-12-10-16-17(11-13-21)20(3)19-18(16)15-8-6-5-7-9-15/h5-9,14H,4,10-13H2,1-3H3. The van der Waals surface area contributed by atoms with Crippen LogP contribution in [0.25, 0.3) is 11.3 Å². The molecule has 0 saturated carbocycles. The van der Waals surface area contributed by atoms with E-state index in [9.17, 15) is 8.42 Å². The molecular weight excluding hydrogens is 322 g/mol. The Bertz CT molecular complexity index is 812. The first-order valence-electron chi connectivity index (χ1n) is 8.54. The third kappa shape index (κ3) is 3.00. The van der Waals surface area contributed by atoms with Gasteiger partial charge in [-0.1, -0.05) is 37.3 Å². The van der Waals surface area contributed by atoms with Crippen LogP contribution in [0.2, 0.25) is 0 Å². The Balaban J connectivity index is 1.92. The van der Waals surface area contributed by atoms with E-state index < -0.39 is 10.0 Å². The van der Waals surface area contributed by atoms with Crippen LogP contribution in [0.1, 0.15) is 31.5 Å². The lowest BCUT2D eigenvalue weighted by molar-refractivity contribution is 0.416. The molecule has 1 aromatic heterocycles. The molecule has 1 aromatic carbocycles. The molecule has 0 radical (unpaired) electrons. The molecule has 0 spiro atoms. The molecule has 1 unspecified atom stereocenters. The molecular formula is C18H25N3O2S. The van der Waals surface area contributed by atoms with Crippen LogP contribution in [0.3, 0.4) is 0 Å². The highest BCUT2D eigenvalue weighted by Crippen LogP contribution is 2.29. The van der Waals surface area contributed by atoms with Crippen LogP contribution in [0.15, 0.2) is 30.3 Å². The predicted molar refractivity (Wildman–Crippen MR) is 96.3 cm³/mol. The molecule has 0 saturated heterocycles. The quantitative estimate of drug-likeness (QED) is 0.854. The first-order valence-corrected chi connectivity index (χ1v) is 10.0. The molecule has 130 valence electrons. The monoisotopic (exact) mass is 347 g/mol. The molecule has 3 rings (SSSR count). The lowest BCUT2D eigenvalue weighted by atomic mass is 10.0. The lowest BCUT2D eigenvalue weighted by Crippen LogP contribution is -2.39. The van der Waals surface area contributed by atoms with E-state index in [-0.39, 0.29) is 5.25 Å². The number of benzene rings is 1. The number of aromatic nitrogens is 2. The highest BCUT2D eigenvalue weighted by atomic mass is 32.2. The van der Waals surface area contributed by atoms with Gasteiger partial charge in [0.1, 0.15) is 0 Å². The second kappa shape index (κ2) is 6.69. The summed E-state index contributed by atoms with van der Waals surface area (Å²) < 4.78 is 28.9. The van der Waals surface area contributed by atoms with Crippen LogP contribution in [0.4, 0.5) is 0 Å². The summed E-state index contributed by atoms with van der Waals surface area (Å²) in [5.41, 5.74) is 4.41. The SMILES string of the molecule is CCC(C)S(=O)(=O)N1CCc2c(-c3ccccc3)nn(C)c2CC1. The van der Waals surface area contributed by atoms with Gasteiger partial charge >= 0.3 is 0 Å². The number of hydrogen-bond acceptors (Lipinski definition) is 3. The normalized spacial score (nSPS) is 17.3. The van der Waals surface area contributed by atoms with E-state index in [0.717, 1.165) is 17.0 Å². The first-order chi connectivity index (χ1) is 11.4. The van der Waals surface area contributed by atoms with Gasteiger partial charge in [0.15, 0.2) is 0 Å². The van der Waals surface area contributed by atoms with Crippen LogP contribution in [-0.2, 0) is 29.9 Å². The van der Waals surface area contributed by atoms with E-state index in [0.29, 0.717) is 32.4 Å². The summed E-state index contributed by atoms with van der Waals surface area (Å²) in [5, 5.41) is 4.36. The fourth-order valence-electron chi connectivity index (χ4n) is 3.30. The van der Waals surface area contributed by atoms with Crippen LogP contribution in [-0.4, -0.2) is 40.8 Å². The minimum absolute atomic E-state index is 0.328. The average Bonchev–Trinajstić information content (AvgIpc) is 2.76.